The summed E-state index contributed by atoms with van der Waals surface area (Å²) in [6, 6.07) is 3.43. The molecule has 0 aliphatic heterocycles. The van der Waals surface area contributed by atoms with E-state index in [0.717, 1.165) is 6.07 Å². The molecule has 0 amide bonds. The van der Waals surface area contributed by atoms with Gasteiger partial charge < -0.3 is 9.26 Å². The fourth-order valence-corrected chi connectivity index (χ4v) is 1.97. The maximum Gasteiger partial charge on any atom is 0.417 e. The van der Waals surface area contributed by atoms with Crippen molar-refractivity contribution in [3.63, 3.8) is 0 Å². The Bertz CT molecular complexity index is 670. The molecule has 0 saturated heterocycles. The van der Waals surface area contributed by atoms with E-state index in [1.165, 1.54) is 12.1 Å². The molecule has 0 fully saturated rings. The molecule has 0 aliphatic carbocycles. The van der Waals surface area contributed by atoms with Crippen molar-refractivity contribution in [1.82, 2.24) is 10.1 Å². The lowest BCUT2D eigenvalue weighted by Gasteiger charge is -2.09. The molecule has 5 nitrogen and oxygen atoms in total. The molecular formula is C12H8BrF3N2O3. The van der Waals surface area contributed by atoms with Crippen LogP contribution in [0.15, 0.2) is 27.2 Å². The maximum atomic E-state index is 12.8. The topological polar surface area (TPSA) is 65.2 Å². The summed E-state index contributed by atoms with van der Waals surface area (Å²) in [5, 5.41) is 3.37. The molecule has 0 radical (unpaired) electrons. The largest absolute Gasteiger partial charge is 0.460 e. The monoisotopic (exact) mass is 364 g/mol. The molecule has 0 bridgehead atoms. The van der Waals surface area contributed by atoms with Crippen LogP contribution in [-0.2, 0) is 10.9 Å². The Labute approximate surface area is 125 Å². The fraction of sp³-hybridized carbons (Fsp3) is 0.250. The minimum atomic E-state index is -4.53. The van der Waals surface area contributed by atoms with Gasteiger partial charge in [0, 0.05) is 10.0 Å². The van der Waals surface area contributed by atoms with Gasteiger partial charge in [0.2, 0.25) is 0 Å². The van der Waals surface area contributed by atoms with Crippen LogP contribution < -0.4 is 0 Å². The van der Waals surface area contributed by atoms with Gasteiger partial charge in [-0.2, -0.15) is 18.2 Å². The SMILES string of the molecule is CCOC(=O)c1noc(-c2ccc(Br)c(C(F)(F)F)c2)n1. The van der Waals surface area contributed by atoms with Gasteiger partial charge in [-0.3, -0.25) is 0 Å². The van der Waals surface area contributed by atoms with Gasteiger partial charge in [0.25, 0.3) is 11.7 Å². The standard InChI is InChI=1S/C12H8BrF3N2O3/c1-2-20-11(19)9-17-10(21-18-9)6-3-4-8(13)7(5-6)12(14,15)16/h3-5H,2H2,1H3. The lowest BCUT2D eigenvalue weighted by molar-refractivity contribution is -0.138. The van der Waals surface area contributed by atoms with E-state index in [1.807, 2.05) is 0 Å². The molecule has 0 unspecified atom stereocenters. The molecule has 9 heteroatoms. The van der Waals surface area contributed by atoms with Crippen molar-refractivity contribution < 1.29 is 27.2 Å². The summed E-state index contributed by atoms with van der Waals surface area (Å²) in [6.45, 7) is 1.72. The van der Waals surface area contributed by atoms with Gasteiger partial charge in [0.1, 0.15) is 0 Å². The van der Waals surface area contributed by atoms with Crippen molar-refractivity contribution in [3.8, 4) is 11.5 Å². The molecule has 1 aromatic carbocycles. The first-order valence-corrected chi connectivity index (χ1v) is 6.50. The Morgan fingerprint density at radius 3 is 2.76 bits per heavy atom. The van der Waals surface area contributed by atoms with E-state index >= 15 is 0 Å². The van der Waals surface area contributed by atoms with Crippen molar-refractivity contribution in [2.24, 2.45) is 0 Å². The third kappa shape index (κ3) is 3.41. The Morgan fingerprint density at radius 2 is 2.14 bits per heavy atom. The second-order valence-electron chi connectivity index (χ2n) is 3.84. The lowest BCUT2D eigenvalue weighted by atomic mass is 10.1. The number of hydrogen-bond acceptors (Lipinski definition) is 5. The van der Waals surface area contributed by atoms with Gasteiger partial charge in [-0.1, -0.05) is 15.9 Å². The van der Waals surface area contributed by atoms with Gasteiger partial charge >= 0.3 is 12.1 Å². The zero-order valence-corrected chi connectivity index (χ0v) is 12.2. The molecule has 1 heterocycles. The molecule has 0 spiro atoms. The summed E-state index contributed by atoms with van der Waals surface area (Å²) in [5.41, 5.74) is -0.829. The average molecular weight is 365 g/mol. The van der Waals surface area contributed by atoms with Gasteiger partial charge in [0.05, 0.1) is 12.2 Å². The van der Waals surface area contributed by atoms with Crippen LogP contribution in [-0.4, -0.2) is 22.7 Å². The number of aromatic nitrogens is 2. The number of rotatable bonds is 3. The van der Waals surface area contributed by atoms with Crippen LogP contribution in [0.3, 0.4) is 0 Å². The molecule has 2 rings (SSSR count). The van der Waals surface area contributed by atoms with E-state index in [9.17, 15) is 18.0 Å². The highest BCUT2D eigenvalue weighted by molar-refractivity contribution is 9.10. The lowest BCUT2D eigenvalue weighted by Crippen LogP contribution is -2.07. The van der Waals surface area contributed by atoms with Crippen LogP contribution in [0.2, 0.25) is 0 Å². The molecule has 0 saturated carbocycles. The number of halogens is 4. The molecular weight excluding hydrogens is 357 g/mol. The van der Waals surface area contributed by atoms with Crippen molar-refractivity contribution in [1.29, 1.82) is 0 Å². The number of nitrogens with zero attached hydrogens (tertiary/aromatic N) is 2. The van der Waals surface area contributed by atoms with E-state index in [0.29, 0.717) is 0 Å². The molecule has 21 heavy (non-hydrogen) atoms. The summed E-state index contributed by atoms with van der Waals surface area (Å²) in [7, 11) is 0. The summed E-state index contributed by atoms with van der Waals surface area (Å²) in [4.78, 5) is 15.1. The Balaban J connectivity index is 2.37. The number of ether oxygens (including phenoxy) is 1. The fourth-order valence-electron chi connectivity index (χ4n) is 1.49. The van der Waals surface area contributed by atoms with Crippen LogP contribution in [0.4, 0.5) is 13.2 Å². The summed E-state index contributed by atoms with van der Waals surface area (Å²) < 4.78 is 47.8. The molecule has 0 atom stereocenters. The minimum absolute atomic E-state index is 0.0496. The summed E-state index contributed by atoms with van der Waals surface area (Å²) >= 11 is 2.83. The first-order valence-electron chi connectivity index (χ1n) is 5.71. The van der Waals surface area contributed by atoms with Gasteiger partial charge in [-0.15, -0.1) is 0 Å². The van der Waals surface area contributed by atoms with Crippen molar-refractivity contribution in [3.05, 3.63) is 34.1 Å². The maximum absolute atomic E-state index is 12.8. The van der Waals surface area contributed by atoms with Crippen LogP contribution in [0.5, 0.6) is 0 Å². The number of benzene rings is 1. The predicted octanol–water partition coefficient (Wildman–Crippen LogP) is 3.69. The minimum Gasteiger partial charge on any atom is -0.460 e. The summed E-state index contributed by atoms with van der Waals surface area (Å²) in [5.74, 6) is -1.35. The number of carbonyl (C=O) groups excluding carboxylic acids is 1. The first-order chi connectivity index (χ1) is 9.82. The second-order valence-corrected chi connectivity index (χ2v) is 4.69. The predicted molar refractivity (Wildman–Crippen MR) is 68.4 cm³/mol. The zero-order valence-electron chi connectivity index (χ0n) is 10.6. The quantitative estimate of drug-likeness (QED) is 0.777. The van der Waals surface area contributed by atoms with E-state index in [4.69, 9.17) is 4.52 Å². The second kappa shape index (κ2) is 5.84. The van der Waals surface area contributed by atoms with E-state index < -0.39 is 17.7 Å². The van der Waals surface area contributed by atoms with Crippen molar-refractivity contribution in [2.45, 2.75) is 13.1 Å². The van der Waals surface area contributed by atoms with Crippen LogP contribution in [0.1, 0.15) is 23.1 Å². The number of alkyl halides is 3. The molecule has 112 valence electrons. The highest BCUT2D eigenvalue weighted by atomic mass is 79.9. The van der Waals surface area contributed by atoms with Crippen LogP contribution >= 0.6 is 15.9 Å². The summed E-state index contributed by atoms with van der Waals surface area (Å²) in [6.07, 6.45) is -4.53. The number of carbonyl (C=O) groups is 1. The van der Waals surface area contributed by atoms with Gasteiger partial charge in [-0.05, 0) is 30.3 Å². The highest BCUT2D eigenvalue weighted by Gasteiger charge is 2.33. The number of hydrogen-bond donors (Lipinski definition) is 0. The molecule has 0 aliphatic rings. The zero-order chi connectivity index (χ0) is 15.6. The van der Waals surface area contributed by atoms with Gasteiger partial charge in [0.15, 0.2) is 0 Å². The normalized spacial score (nSPS) is 11.5. The van der Waals surface area contributed by atoms with E-state index in [1.54, 1.807) is 6.92 Å². The van der Waals surface area contributed by atoms with Gasteiger partial charge in [-0.25, -0.2) is 4.79 Å². The smallest absolute Gasteiger partial charge is 0.417 e. The Kier molecular flexibility index (Phi) is 4.31. The van der Waals surface area contributed by atoms with Crippen molar-refractivity contribution in [2.75, 3.05) is 6.61 Å². The Hall–Kier alpha value is -1.90. The third-order valence-corrected chi connectivity index (χ3v) is 3.09. The molecule has 1 aromatic heterocycles. The van der Waals surface area contributed by atoms with Crippen LogP contribution in [0.25, 0.3) is 11.5 Å². The third-order valence-electron chi connectivity index (χ3n) is 2.40. The molecule has 0 N–H and O–H groups in total. The average Bonchev–Trinajstić information content (AvgIpc) is 2.88. The van der Waals surface area contributed by atoms with E-state index in [2.05, 4.69) is 30.8 Å². The first kappa shape index (κ1) is 15.5. The Morgan fingerprint density at radius 1 is 1.43 bits per heavy atom. The molecule has 2 aromatic rings. The van der Waals surface area contributed by atoms with Crippen LogP contribution in [0, 0.1) is 0 Å². The number of esters is 1. The highest BCUT2D eigenvalue weighted by Crippen LogP contribution is 2.37. The van der Waals surface area contributed by atoms with Crippen molar-refractivity contribution >= 4 is 21.9 Å². The van der Waals surface area contributed by atoms with E-state index in [-0.39, 0.29) is 28.4 Å².